The third kappa shape index (κ3) is 3.49. The van der Waals surface area contributed by atoms with Crippen molar-refractivity contribution in [2.75, 3.05) is 0 Å². The van der Waals surface area contributed by atoms with Crippen molar-refractivity contribution in [2.24, 2.45) is 0 Å². The van der Waals surface area contributed by atoms with Crippen molar-refractivity contribution in [2.45, 2.75) is 6.61 Å². The van der Waals surface area contributed by atoms with Crippen molar-refractivity contribution in [1.82, 2.24) is 0 Å². The molecule has 82 valence electrons. The van der Waals surface area contributed by atoms with Crippen LogP contribution in [0.3, 0.4) is 0 Å². The van der Waals surface area contributed by atoms with Crippen LogP contribution in [0.5, 0.6) is 5.75 Å². The largest absolute Gasteiger partial charge is 0.489 e. The van der Waals surface area contributed by atoms with Crippen LogP contribution >= 0.6 is 38.5 Å². The molecule has 0 heterocycles. The molecular formula is C13H10BrIO. The zero-order valence-corrected chi connectivity index (χ0v) is 12.2. The van der Waals surface area contributed by atoms with Crippen LogP contribution in [0.1, 0.15) is 5.56 Å². The van der Waals surface area contributed by atoms with Gasteiger partial charge in [0, 0.05) is 8.04 Å². The maximum absolute atomic E-state index is 5.68. The summed E-state index contributed by atoms with van der Waals surface area (Å²) in [6.07, 6.45) is 0. The minimum absolute atomic E-state index is 0.605. The van der Waals surface area contributed by atoms with E-state index in [4.69, 9.17) is 4.74 Å². The lowest BCUT2D eigenvalue weighted by atomic mass is 10.2. The lowest BCUT2D eigenvalue weighted by Crippen LogP contribution is -1.94. The molecule has 0 saturated carbocycles. The Morgan fingerprint density at radius 1 is 1.06 bits per heavy atom. The molecule has 0 atom stereocenters. The Hall–Kier alpha value is -0.550. The Kier molecular flexibility index (Phi) is 4.23. The van der Waals surface area contributed by atoms with Crippen LogP contribution in [0, 0.1) is 3.57 Å². The standard InChI is InChI=1S/C13H10BrIO/c14-11-2-1-3-13(8-11)16-9-10-4-6-12(15)7-5-10/h1-8H,9H2. The van der Waals surface area contributed by atoms with E-state index in [0.29, 0.717) is 6.61 Å². The predicted molar refractivity (Wildman–Crippen MR) is 77.6 cm³/mol. The molecule has 0 bridgehead atoms. The van der Waals surface area contributed by atoms with Gasteiger partial charge in [0.15, 0.2) is 0 Å². The van der Waals surface area contributed by atoms with Crippen LogP contribution in [-0.2, 0) is 6.61 Å². The summed E-state index contributed by atoms with van der Waals surface area (Å²) in [6, 6.07) is 16.2. The van der Waals surface area contributed by atoms with Crippen molar-refractivity contribution >= 4 is 38.5 Å². The number of hydrogen-bond donors (Lipinski definition) is 0. The zero-order valence-electron chi connectivity index (χ0n) is 8.49. The van der Waals surface area contributed by atoms with Crippen LogP contribution in [0.15, 0.2) is 53.0 Å². The van der Waals surface area contributed by atoms with Gasteiger partial charge in [-0.3, -0.25) is 0 Å². The summed E-state index contributed by atoms with van der Waals surface area (Å²) in [6.45, 7) is 0.605. The van der Waals surface area contributed by atoms with E-state index in [9.17, 15) is 0 Å². The molecule has 0 aromatic heterocycles. The summed E-state index contributed by atoms with van der Waals surface area (Å²) >= 11 is 5.71. The first-order valence-corrected chi connectivity index (χ1v) is 6.74. The van der Waals surface area contributed by atoms with Gasteiger partial charge >= 0.3 is 0 Å². The maximum atomic E-state index is 5.68. The highest BCUT2D eigenvalue weighted by atomic mass is 127. The van der Waals surface area contributed by atoms with Crippen molar-refractivity contribution < 1.29 is 4.74 Å². The van der Waals surface area contributed by atoms with E-state index >= 15 is 0 Å². The van der Waals surface area contributed by atoms with Crippen LogP contribution < -0.4 is 4.74 Å². The molecule has 0 spiro atoms. The van der Waals surface area contributed by atoms with Crippen LogP contribution in [0.4, 0.5) is 0 Å². The van der Waals surface area contributed by atoms with Crippen LogP contribution in [0.25, 0.3) is 0 Å². The third-order valence-electron chi connectivity index (χ3n) is 2.11. The minimum Gasteiger partial charge on any atom is -0.489 e. The Labute approximate surface area is 117 Å². The summed E-state index contributed by atoms with van der Waals surface area (Å²) in [5.41, 5.74) is 1.18. The third-order valence-corrected chi connectivity index (χ3v) is 3.33. The molecule has 3 heteroatoms. The summed E-state index contributed by atoms with van der Waals surface area (Å²) in [7, 11) is 0. The Morgan fingerprint density at radius 3 is 2.50 bits per heavy atom. The first-order valence-electron chi connectivity index (χ1n) is 4.87. The van der Waals surface area contributed by atoms with E-state index < -0.39 is 0 Å². The van der Waals surface area contributed by atoms with Gasteiger partial charge in [-0.15, -0.1) is 0 Å². The minimum atomic E-state index is 0.605. The lowest BCUT2D eigenvalue weighted by molar-refractivity contribution is 0.306. The van der Waals surface area contributed by atoms with Crippen molar-refractivity contribution in [1.29, 1.82) is 0 Å². The van der Waals surface area contributed by atoms with Gasteiger partial charge in [0.1, 0.15) is 12.4 Å². The molecule has 0 radical (unpaired) electrons. The monoisotopic (exact) mass is 388 g/mol. The van der Waals surface area contributed by atoms with Crippen molar-refractivity contribution in [3.63, 3.8) is 0 Å². The van der Waals surface area contributed by atoms with E-state index in [1.807, 2.05) is 24.3 Å². The number of benzene rings is 2. The number of rotatable bonds is 3. The fraction of sp³-hybridized carbons (Fsp3) is 0.0769. The fourth-order valence-electron chi connectivity index (χ4n) is 1.30. The van der Waals surface area contributed by atoms with Gasteiger partial charge in [-0.05, 0) is 58.5 Å². The molecule has 16 heavy (non-hydrogen) atoms. The summed E-state index contributed by atoms with van der Waals surface area (Å²) in [4.78, 5) is 0. The molecule has 0 amide bonds. The molecule has 2 aromatic carbocycles. The first-order chi connectivity index (χ1) is 7.74. The number of hydrogen-bond acceptors (Lipinski definition) is 1. The SMILES string of the molecule is Brc1cccc(OCc2ccc(I)cc2)c1. The molecule has 0 saturated heterocycles. The molecular weight excluding hydrogens is 379 g/mol. The van der Waals surface area contributed by atoms with Gasteiger partial charge in [-0.1, -0.05) is 34.1 Å². The average Bonchev–Trinajstić information content (AvgIpc) is 2.28. The maximum Gasteiger partial charge on any atom is 0.120 e. The van der Waals surface area contributed by atoms with Crippen LogP contribution in [0.2, 0.25) is 0 Å². The normalized spacial score (nSPS) is 10.1. The first kappa shape index (κ1) is 11.9. The second-order valence-corrected chi connectivity index (χ2v) is 5.53. The number of ether oxygens (including phenoxy) is 1. The highest BCUT2D eigenvalue weighted by molar-refractivity contribution is 14.1. The highest BCUT2D eigenvalue weighted by Gasteiger charge is 1.96. The smallest absolute Gasteiger partial charge is 0.120 e. The van der Waals surface area contributed by atoms with Gasteiger partial charge in [-0.2, -0.15) is 0 Å². The molecule has 0 fully saturated rings. The molecule has 0 aliphatic heterocycles. The van der Waals surface area contributed by atoms with E-state index in [1.54, 1.807) is 0 Å². The topological polar surface area (TPSA) is 9.23 Å². The van der Waals surface area contributed by atoms with E-state index in [1.165, 1.54) is 9.13 Å². The summed E-state index contributed by atoms with van der Waals surface area (Å²) in [5, 5.41) is 0. The van der Waals surface area contributed by atoms with E-state index in [-0.39, 0.29) is 0 Å². The molecule has 0 aliphatic carbocycles. The molecule has 0 N–H and O–H groups in total. The number of halogens is 2. The van der Waals surface area contributed by atoms with Gasteiger partial charge < -0.3 is 4.74 Å². The molecule has 0 aliphatic rings. The highest BCUT2D eigenvalue weighted by Crippen LogP contribution is 2.19. The molecule has 2 aromatic rings. The van der Waals surface area contributed by atoms with E-state index in [0.717, 1.165) is 10.2 Å². The van der Waals surface area contributed by atoms with Gasteiger partial charge in [-0.25, -0.2) is 0 Å². The summed E-state index contributed by atoms with van der Waals surface area (Å²) in [5.74, 6) is 0.882. The van der Waals surface area contributed by atoms with E-state index in [2.05, 4.69) is 62.8 Å². The van der Waals surface area contributed by atoms with Crippen molar-refractivity contribution in [3.05, 3.63) is 62.1 Å². The second kappa shape index (κ2) is 5.68. The van der Waals surface area contributed by atoms with Crippen LogP contribution in [-0.4, -0.2) is 0 Å². The Bertz CT molecular complexity index is 468. The van der Waals surface area contributed by atoms with Gasteiger partial charge in [0.25, 0.3) is 0 Å². The van der Waals surface area contributed by atoms with Gasteiger partial charge in [0.2, 0.25) is 0 Å². The Morgan fingerprint density at radius 2 is 1.81 bits per heavy atom. The molecule has 1 nitrogen and oxygen atoms in total. The second-order valence-electron chi connectivity index (χ2n) is 3.37. The molecule has 0 unspecified atom stereocenters. The quantitative estimate of drug-likeness (QED) is 0.696. The summed E-state index contributed by atoms with van der Waals surface area (Å²) < 4.78 is 7.95. The zero-order chi connectivity index (χ0) is 11.4. The molecule has 2 rings (SSSR count). The Balaban J connectivity index is 1.99. The van der Waals surface area contributed by atoms with Crippen molar-refractivity contribution in [3.8, 4) is 5.75 Å². The lowest BCUT2D eigenvalue weighted by Gasteiger charge is -2.06. The average molecular weight is 389 g/mol. The predicted octanol–water partition coefficient (Wildman–Crippen LogP) is 4.63. The fourth-order valence-corrected chi connectivity index (χ4v) is 2.04. The van der Waals surface area contributed by atoms with Gasteiger partial charge in [0.05, 0.1) is 0 Å².